The lowest BCUT2D eigenvalue weighted by atomic mass is 9.84. The van der Waals surface area contributed by atoms with E-state index in [0.717, 1.165) is 19.3 Å². The molecule has 4 atom stereocenters. The molecule has 2 heteroatoms. The van der Waals surface area contributed by atoms with E-state index in [-0.39, 0.29) is 17.8 Å². The van der Waals surface area contributed by atoms with Gasteiger partial charge in [0.2, 0.25) is 0 Å². The summed E-state index contributed by atoms with van der Waals surface area (Å²) < 4.78 is 0. The summed E-state index contributed by atoms with van der Waals surface area (Å²) >= 11 is 0. The van der Waals surface area contributed by atoms with Crippen LogP contribution in [0.5, 0.6) is 0 Å². The lowest BCUT2D eigenvalue weighted by Gasteiger charge is -2.23. The summed E-state index contributed by atoms with van der Waals surface area (Å²) in [5.74, 6) is 1.40. The highest BCUT2D eigenvalue weighted by Gasteiger charge is 2.47. The zero-order chi connectivity index (χ0) is 8.01. The monoisotopic (exact) mass is 154 g/mol. The highest BCUT2D eigenvalue weighted by molar-refractivity contribution is 5.79. The summed E-state index contributed by atoms with van der Waals surface area (Å²) in [6.07, 6.45) is 2.89. The van der Waals surface area contributed by atoms with Gasteiger partial charge in [0, 0.05) is 5.92 Å². The molecule has 2 aliphatic carbocycles. The van der Waals surface area contributed by atoms with Gasteiger partial charge in [-0.1, -0.05) is 0 Å². The van der Waals surface area contributed by atoms with Crippen LogP contribution in [0.25, 0.3) is 0 Å². The Labute approximate surface area is 66.6 Å². The number of fused-ring (bicyclic) bond motifs is 2. The third-order valence-electron chi connectivity index (χ3n) is 3.30. The van der Waals surface area contributed by atoms with Crippen LogP contribution in [0.1, 0.15) is 26.2 Å². The molecule has 1 N–H and O–H groups in total. The number of hydrogen-bond donors (Lipinski definition) is 1. The van der Waals surface area contributed by atoms with Crippen molar-refractivity contribution in [1.82, 2.24) is 0 Å². The van der Waals surface area contributed by atoms with Crippen LogP contribution in [0.4, 0.5) is 0 Å². The van der Waals surface area contributed by atoms with E-state index in [2.05, 4.69) is 0 Å². The van der Waals surface area contributed by atoms with E-state index < -0.39 is 0 Å². The average Bonchev–Trinajstić information content (AvgIpc) is 2.43. The molecule has 62 valence electrons. The number of hydrogen-bond acceptors (Lipinski definition) is 2. The summed E-state index contributed by atoms with van der Waals surface area (Å²) in [6.45, 7) is 1.65. The van der Waals surface area contributed by atoms with Crippen molar-refractivity contribution < 1.29 is 9.90 Å². The fourth-order valence-electron chi connectivity index (χ4n) is 2.78. The van der Waals surface area contributed by atoms with Gasteiger partial charge in [0.05, 0.1) is 6.10 Å². The standard InChI is InChI=1S/C9H14O2/c1-5(10)7-2-6-3-8(7)9(11)4-6/h6-9,11H,2-4H2,1H3/t6-,7?,8-,9-/m1/s1. The molecule has 11 heavy (non-hydrogen) atoms. The largest absolute Gasteiger partial charge is 0.393 e. The van der Waals surface area contributed by atoms with Crippen molar-refractivity contribution in [2.45, 2.75) is 32.3 Å². The van der Waals surface area contributed by atoms with Crippen molar-refractivity contribution in [2.75, 3.05) is 0 Å². The van der Waals surface area contributed by atoms with E-state index in [1.54, 1.807) is 6.92 Å². The molecule has 2 saturated carbocycles. The molecule has 2 bridgehead atoms. The van der Waals surface area contributed by atoms with Crippen LogP contribution in [0.3, 0.4) is 0 Å². The first-order valence-electron chi connectivity index (χ1n) is 4.37. The van der Waals surface area contributed by atoms with Gasteiger partial charge in [0.25, 0.3) is 0 Å². The second-order valence-electron chi connectivity index (χ2n) is 4.02. The summed E-state index contributed by atoms with van der Waals surface area (Å²) in [5, 5.41) is 9.49. The van der Waals surface area contributed by atoms with E-state index in [1.165, 1.54) is 0 Å². The Morgan fingerprint density at radius 2 is 2.09 bits per heavy atom. The minimum absolute atomic E-state index is 0.178. The van der Waals surface area contributed by atoms with Gasteiger partial charge in [0.15, 0.2) is 0 Å². The molecular formula is C9H14O2. The van der Waals surface area contributed by atoms with E-state index in [4.69, 9.17) is 0 Å². The first-order chi connectivity index (χ1) is 5.18. The predicted molar refractivity (Wildman–Crippen MR) is 41.0 cm³/mol. The van der Waals surface area contributed by atoms with Crippen molar-refractivity contribution in [3.63, 3.8) is 0 Å². The van der Waals surface area contributed by atoms with E-state index in [1.807, 2.05) is 0 Å². The molecule has 0 saturated heterocycles. The summed E-state index contributed by atoms with van der Waals surface area (Å²) in [6, 6.07) is 0. The Bertz CT molecular complexity index is 188. The molecule has 2 fully saturated rings. The second-order valence-corrected chi connectivity index (χ2v) is 4.02. The fourth-order valence-corrected chi connectivity index (χ4v) is 2.78. The predicted octanol–water partition coefficient (Wildman–Crippen LogP) is 0.982. The van der Waals surface area contributed by atoms with Gasteiger partial charge in [-0.25, -0.2) is 0 Å². The maximum absolute atomic E-state index is 11.1. The molecule has 0 aromatic heterocycles. The molecule has 0 spiro atoms. The summed E-state index contributed by atoms with van der Waals surface area (Å²) in [7, 11) is 0. The Balaban J connectivity index is 2.12. The van der Waals surface area contributed by atoms with Crippen LogP contribution in [-0.2, 0) is 4.79 Å². The molecule has 0 aromatic carbocycles. The van der Waals surface area contributed by atoms with Crippen molar-refractivity contribution in [1.29, 1.82) is 0 Å². The molecule has 2 aliphatic rings. The number of aliphatic hydroxyl groups is 1. The highest BCUT2D eigenvalue weighted by Crippen LogP contribution is 2.48. The highest BCUT2D eigenvalue weighted by atomic mass is 16.3. The molecule has 0 radical (unpaired) electrons. The lowest BCUT2D eigenvalue weighted by molar-refractivity contribution is -0.123. The van der Waals surface area contributed by atoms with E-state index >= 15 is 0 Å². The summed E-state index contributed by atoms with van der Waals surface area (Å²) in [5.41, 5.74) is 0. The first-order valence-corrected chi connectivity index (χ1v) is 4.37. The third-order valence-corrected chi connectivity index (χ3v) is 3.30. The van der Waals surface area contributed by atoms with Gasteiger partial charge in [-0.2, -0.15) is 0 Å². The number of carbonyl (C=O) groups is 1. The number of carbonyl (C=O) groups excluding carboxylic acids is 1. The SMILES string of the molecule is CC(=O)C1C[C@H]2C[C@@H](O)[C@@H]1C2. The minimum Gasteiger partial charge on any atom is -0.393 e. The Morgan fingerprint density at radius 3 is 2.45 bits per heavy atom. The molecule has 2 rings (SSSR count). The average molecular weight is 154 g/mol. The zero-order valence-corrected chi connectivity index (χ0v) is 6.79. The third kappa shape index (κ3) is 1.00. The van der Waals surface area contributed by atoms with Crippen molar-refractivity contribution >= 4 is 5.78 Å². The van der Waals surface area contributed by atoms with Gasteiger partial charge in [-0.15, -0.1) is 0 Å². The topological polar surface area (TPSA) is 37.3 Å². The number of rotatable bonds is 1. The van der Waals surface area contributed by atoms with Gasteiger partial charge < -0.3 is 5.11 Å². The van der Waals surface area contributed by atoms with Gasteiger partial charge in [-0.3, -0.25) is 4.79 Å². The first kappa shape index (κ1) is 7.29. The van der Waals surface area contributed by atoms with Crippen LogP contribution < -0.4 is 0 Å². The van der Waals surface area contributed by atoms with Crippen LogP contribution in [-0.4, -0.2) is 17.0 Å². The van der Waals surface area contributed by atoms with Crippen LogP contribution in [0.2, 0.25) is 0 Å². The number of ketones is 1. The van der Waals surface area contributed by atoms with Gasteiger partial charge in [0.1, 0.15) is 5.78 Å². The molecule has 0 aliphatic heterocycles. The van der Waals surface area contributed by atoms with E-state index in [0.29, 0.717) is 11.8 Å². The lowest BCUT2D eigenvalue weighted by Crippen LogP contribution is -2.28. The Morgan fingerprint density at radius 1 is 1.36 bits per heavy atom. The maximum atomic E-state index is 11.1. The quantitative estimate of drug-likeness (QED) is 0.611. The second kappa shape index (κ2) is 2.31. The van der Waals surface area contributed by atoms with Crippen LogP contribution in [0.15, 0.2) is 0 Å². The molecule has 0 heterocycles. The number of aliphatic hydroxyl groups excluding tert-OH is 1. The minimum atomic E-state index is -0.178. The van der Waals surface area contributed by atoms with Crippen molar-refractivity contribution in [3.05, 3.63) is 0 Å². The van der Waals surface area contributed by atoms with Crippen LogP contribution in [0, 0.1) is 17.8 Å². The Hall–Kier alpha value is -0.370. The van der Waals surface area contributed by atoms with Crippen molar-refractivity contribution in [3.8, 4) is 0 Å². The van der Waals surface area contributed by atoms with Crippen molar-refractivity contribution in [2.24, 2.45) is 17.8 Å². The molecular weight excluding hydrogens is 140 g/mol. The normalized spacial score (nSPS) is 48.2. The van der Waals surface area contributed by atoms with Gasteiger partial charge in [-0.05, 0) is 38.0 Å². The Kier molecular flexibility index (Phi) is 1.53. The zero-order valence-electron chi connectivity index (χ0n) is 6.79. The molecule has 0 amide bonds. The smallest absolute Gasteiger partial charge is 0.133 e. The summed E-state index contributed by atoms with van der Waals surface area (Å²) in [4.78, 5) is 11.1. The molecule has 0 aromatic rings. The van der Waals surface area contributed by atoms with E-state index in [9.17, 15) is 9.90 Å². The molecule has 1 unspecified atom stereocenters. The molecule has 2 nitrogen and oxygen atoms in total. The fraction of sp³-hybridized carbons (Fsp3) is 0.889. The van der Waals surface area contributed by atoms with Gasteiger partial charge >= 0.3 is 0 Å². The maximum Gasteiger partial charge on any atom is 0.133 e. The number of Topliss-reactive ketones (excluding diaryl/α,β-unsaturated/α-hetero) is 1. The van der Waals surface area contributed by atoms with Crippen LogP contribution >= 0.6 is 0 Å².